The predicted octanol–water partition coefficient (Wildman–Crippen LogP) is 5.71. The number of carboxylic acid groups (broad SMARTS) is 1. The van der Waals surface area contributed by atoms with E-state index in [0.29, 0.717) is 0 Å². The summed E-state index contributed by atoms with van der Waals surface area (Å²) in [4.78, 5) is 16.1. The highest BCUT2D eigenvalue weighted by atomic mass is 32.2. The number of carbonyl (C=O) groups is 1. The first kappa shape index (κ1) is 29.3. The fraction of sp³-hybridized carbons (Fsp3) is 0.464. The van der Waals surface area contributed by atoms with Gasteiger partial charge in [0.15, 0.2) is 14.9 Å². The van der Waals surface area contributed by atoms with Crippen LogP contribution in [0.4, 0.5) is 4.39 Å². The second-order valence-electron chi connectivity index (χ2n) is 11.8. The van der Waals surface area contributed by atoms with Crippen LogP contribution in [-0.2, 0) is 21.8 Å². The zero-order valence-corrected chi connectivity index (χ0v) is 24.0. The Morgan fingerprint density at radius 1 is 1.13 bits per heavy atom. The van der Waals surface area contributed by atoms with Gasteiger partial charge in [-0.05, 0) is 72.1 Å². The molecule has 0 aliphatic rings. The van der Waals surface area contributed by atoms with Gasteiger partial charge < -0.3 is 9.84 Å². The van der Waals surface area contributed by atoms with E-state index in [2.05, 4.69) is 30.9 Å². The van der Waals surface area contributed by atoms with Gasteiger partial charge in [0.05, 0.1) is 5.54 Å². The molecule has 0 aliphatic carbocycles. The molecule has 3 rings (SSSR count). The van der Waals surface area contributed by atoms with Gasteiger partial charge in [0, 0.05) is 24.6 Å². The maximum Gasteiger partial charge on any atom is 0.354 e. The molecular weight excluding hydrogens is 509 g/mol. The summed E-state index contributed by atoms with van der Waals surface area (Å²) in [6.45, 7) is 13.8. The number of hydrogen-bond donors (Lipinski definition) is 1. The lowest BCUT2D eigenvalue weighted by atomic mass is 9.80. The fourth-order valence-electron chi connectivity index (χ4n) is 4.28. The van der Waals surface area contributed by atoms with Gasteiger partial charge in [-0.3, -0.25) is 0 Å². The molecule has 0 saturated heterocycles. The van der Waals surface area contributed by atoms with Crippen molar-refractivity contribution in [3.63, 3.8) is 0 Å². The van der Waals surface area contributed by atoms with Gasteiger partial charge in [0.2, 0.25) is 5.88 Å². The van der Waals surface area contributed by atoms with Crippen LogP contribution in [0.1, 0.15) is 76.0 Å². The largest absolute Gasteiger partial charge is 0.477 e. The first-order valence-corrected chi connectivity index (χ1v) is 14.2. The standard InChI is InChI=1S/C28H36FN3O5S/c1-17(2)20-12-19(29)13-21(22(20)15-27(3,4)5)18-9-10-30-24(11-18)37-16-28(6,7)32-23(26(33)34)14-25(31-32)38(8,35)36/h9-14,17H,15-16H2,1-8H3,(H,33,34). The average molecular weight is 546 g/mol. The molecule has 10 heteroatoms. The van der Waals surface area contributed by atoms with Crippen molar-refractivity contribution in [2.75, 3.05) is 12.9 Å². The summed E-state index contributed by atoms with van der Waals surface area (Å²) in [5, 5.41) is 13.3. The topological polar surface area (TPSA) is 111 Å². The van der Waals surface area contributed by atoms with Crippen molar-refractivity contribution in [1.29, 1.82) is 0 Å². The second kappa shape index (κ2) is 10.5. The minimum absolute atomic E-state index is 0.0248. The van der Waals surface area contributed by atoms with Gasteiger partial charge in [-0.2, -0.15) is 5.10 Å². The number of carboxylic acids is 1. The van der Waals surface area contributed by atoms with Crippen molar-refractivity contribution >= 4 is 15.8 Å². The molecule has 2 heterocycles. The van der Waals surface area contributed by atoms with Crippen molar-refractivity contribution in [3.8, 4) is 17.0 Å². The molecule has 0 spiro atoms. The van der Waals surface area contributed by atoms with Crippen molar-refractivity contribution in [2.24, 2.45) is 5.41 Å². The Labute approximate surface area is 223 Å². The zero-order valence-electron chi connectivity index (χ0n) is 23.2. The average Bonchev–Trinajstić information content (AvgIpc) is 3.26. The molecule has 3 aromatic rings. The zero-order chi connectivity index (χ0) is 28.6. The summed E-state index contributed by atoms with van der Waals surface area (Å²) < 4.78 is 45.7. The lowest BCUT2D eigenvalue weighted by molar-refractivity contribution is 0.0663. The highest BCUT2D eigenvalue weighted by Gasteiger charge is 2.31. The van der Waals surface area contributed by atoms with Crippen molar-refractivity contribution in [2.45, 2.75) is 71.4 Å². The Kier molecular flexibility index (Phi) is 8.07. The Hall–Kier alpha value is -3.27. The fourth-order valence-corrected chi connectivity index (χ4v) is 4.84. The molecule has 0 radical (unpaired) electrons. The molecule has 38 heavy (non-hydrogen) atoms. The van der Waals surface area contributed by atoms with Crippen LogP contribution in [0.25, 0.3) is 11.1 Å². The Morgan fingerprint density at radius 2 is 1.79 bits per heavy atom. The van der Waals surface area contributed by atoms with E-state index in [4.69, 9.17) is 4.74 Å². The van der Waals surface area contributed by atoms with Gasteiger partial charge in [-0.15, -0.1) is 0 Å². The summed E-state index contributed by atoms with van der Waals surface area (Å²) in [6.07, 6.45) is 3.30. The molecule has 2 aromatic heterocycles. The summed E-state index contributed by atoms with van der Waals surface area (Å²) in [6, 6.07) is 7.70. The van der Waals surface area contributed by atoms with E-state index >= 15 is 0 Å². The number of halogens is 1. The number of ether oxygens (including phenoxy) is 1. The molecule has 0 fully saturated rings. The van der Waals surface area contributed by atoms with Gasteiger partial charge >= 0.3 is 5.97 Å². The van der Waals surface area contributed by atoms with E-state index in [1.165, 1.54) is 6.07 Å². The molecule has 0 atom stereocenters. The molecule has 1 N–H and O–H groups in total. The Bertz CT molecular complexity index is 1450. The Morgan fingerprint density at radius 3 is 2.34 bits per heavy atom. The monoisotopic (exact) mass is 545 g/mol. The first-order chi connectivity index (χ1) is 17.4. The molecular formula is C28H36FN3O5S. The number of pyridine rings is 1. The lowest BCUT2D eigenvalue weighted by Gasteiger charge is -2.27. The lowest BCUT2D eigenvalue weighted by Crippen LogP contribution is -2.36. The molecule has 0 saturated carbocycles. The van der Waals surface area contributed by atoms with Gasteiger partial charge in [0.1, 0.15) is 18.1 Å². The Balaban J connectivity index is 1.98. The highest BCUT2D eigenvalue weighted by Crippen LogP contribution is 2.36. The third-order valence-corrected chi connectivity index (χ3v) is 7.02. The van der Waals surface area contributed by atoms with Gasteiger partial charge in [-0.1, -0.05) is 34.6 Å². The van der Waals surface area contributed by atoms with Crippen LogP contribution in [0.15, 0.2) is 41.6 Å². The van der Waals surface area contributed by atoms with Crippen LogP contribution < -0.4 is 4.74 Å². The summed E-state index contributed by atoms with van der Waals surface area (Å²) >= 11 is 0. The van der Waals surface area contributed by atoms with Crippen molar-refractivity contribution in [3.05, 3.63) is 59.2 Å². The maximum atomic E-state index is 14.7. The maximum absolute atomic E-state index is 14.7. The first-order valence-electron chi connectivity index (χ1n) is 12.3. The van der Waals surface area contributed by atoms with Crippen molar-refractivity contribution < 1.29 is 27.4 Å². The predicted molar refractivity (Wildman–Crippen MR) is 144 cm³/mol. The van der Waals surface area contributed by atoms with Gasteiger partial charge in [0.25, 0.3) is 0 Å². The van der Waals surface area contributed by atoms with E-state index in [1.807, 2.05) is 13.8 Å². The van der Waals surface area contributed by atoms with Crippen LogP contribution in [0, 0.1) is 11.2 Å². The van der Waals surface area contributed by atoms with Crippen molar-refractivity contribution in [1.82, 2.24) is 14.8 Å². The van der Waals surface area contributed by atoms with E-state index in [1.54, 1.807) is 38.2 Å². The van der Waals surface area contributed by atoms with E-state index in [9.17, 15) is 22.7 Å². The number of rotatable bonds is 9. The molecule has 1 aromatic carbocycles. The SMILES string of the molecule is CC(C)c1cc(F)cc(-c2ccnc(OCC(C)(C)n3nc(S(C)(=O)=O)cc3C(=O)O)c2)c1CC(C)(C)C. The van der Waals surface area contributed by atoms with E-state index in [-0.39, 0.29) is 40.4 Å². The number of hydrogen-bond acceptors (Lipinski definition) is 6. The molecule has 0 aliphatic heterocycles. The van der Waals surface area contributed by atoms with Crippen LogP contribution in [0.3, 0.4) is 0 Å². The van der Waals surface area contributed by atoms with Crippen LogP contribution >= 0.6 is 0 Å². The molecule has 206 valence electrons. The smallest absolute Gasteiger partial charge is 0.354 e. The highest BCUT2D eigenvalue weighted by molar-refractivity contribution is 7.90. The van der Waals surface area contributed by atoms with Gasteiger partial charge in [-0.25, -0.2) is 27.3 Å². The third-order valence-electron chi connectivity index (χ3n) is 6.06. The third kappa shape index (κ3) is 6.78. The summed E-state index contributed by atoms with van der Waals surface area (Å²) in [5.74, 6) is -1.23. The number of nitrogens with zero attached hydrogens (tertiary/aromatic N) is 3. The molecule has 8 nitrogen and oxygen atoms in total. The van der Waals surface area contributed by atoms with Crippen LogP contribution in [0.2, 0.25) is 0 Å². The van der Waals surface area contributed by atoms with Crippen LogP contribution in [0.5, 0.6) is 5.88 Å². The second-order valence-corrected chi connectivity index (χ2v) is 13.7. The summed E-state index contributed by atoms with van der Waals surface area (Å²) in [7, 11) is -3.71. The normalized spacial score (nSPS) is 12.7. The number of sulfone groups is 1. The molecule has 0 unspecified atom stereocenters. The minimum Gasteiger partial charge on any atom is -0.477 e. The number of aromatic carboxylic acids is 1. The van der Waals surface area contributed by atoms with E-state index < -0.39 is 21.3 Å². The van der Waals surface area contributed by atoms with E-state index in [0.717, 1.165) is 45.7 Å². The number of aromatic nitrogens is 3. The molecule has 0 amide bonds. The molecule has 0 bridgehead atoms. The minimum atomic E-state index is -3.71. The quantitative estimate of drug-likeness (QED) is 0.366. The number of benzene rings is 1. The summed E-state index contributed by atoms with van der Waals surface area (Å²) in [5.41, 5.74) is 2.22. The van der Waals surface area contributed by atoms with Crippen LogP contribution in [-0.4, -0.2) is 47.1 Å².